The number of quaternary nitrogens is 1. The number of esters is 1. The Morgan fingerprint density at radius 3 is 3.08 bits per heavy atom. The Morgan fingerprint density at radius 2 is 2.25 bits per heavy atom. The molecule has 2 aromatic heterocycles. The van der Waals surface area contributed by atoms with E-state index in [0.29, 0.717) is 24.1 Å². The molecule has 0 aliphatic rings. The van der Waals surface area contributed by atoms with Gasteiger partial charge in [0.1, 0.15) is 5.75 Å². The van der Waals surface area contributed by atoms with E-state index in [1.54, 1.807) is 6.92 Å². The maximum Gasteiger partial charge on any atom is 0.316 e. The van der Waals surface area contributed by atoms with Gasteiger partial charge in [-0.25, -0.2) is 0 Å². The van der Waals surface area contributed by atoms with Crippen molar-refractivity contribution in [2.75, 3.05) is 12.4 Å². The minimum absolute atomic E-state index is 0.153. The van der Waals surface area contributed by atoms with Crippen molar-refractivity contribution in [3.05, 3.63) is 41.9 Å². The van der Waals surface area contributed by atoms with Gasteiger partial charge in [0.15, 0.2) is 6.04 Å². The Morgan fingerprint density at radius 1 is 1.42 bits per heavy atom. The van der Waals surface area contributed by atoms with Gasteiger partial charge < -0.3 is 19.9 Å². The predicted molar refractivity (Wildman–Crippen MR) is 89.3 cm³/mol. The van der Waals surface area contributed by atoms with Crippen molar-refractivity contribution in [3.63, 3.8) is 0 Å². The van der Waals surface area contributed by atoms with E-state index in [1.165, 1.54) is 17.1 Å². The molecule has 0 aliphatic carbocycles. The summed E-state index contributed by atoms with van der Waals surface area (Å²) in [5, 5.41) is 9.51. The number of hydrogen-bond acceptors (Lipinski definition) is 6. The molecular weight excluding hydrogens is 328 g/mol. The number of benzene rings is 1. The highest BCUT2D eigenvalue weighted by molar-refractivity contribution is 7.99. The maximum absolute atomic E-state index is 11.3. The minimum Gasteiger partial charge on any atom is -0.465 e. The van der Waals surface area contributed by atoms with Gasteiger partial charge in [0.2, 0.25) is 0 Å². The van der Waals surface area contributed by atoms with Crippen LogP contribution in [0, 0.1) is 0 Å². The van der Waals surface area contributed by atoms with E-state index in [9.17, 15) is 4.79 Å². The SMILES string of the molecule is CCOC(=O)CSc1nnc([C@@H]([NH3+])Cc2c[nH]c3ccccc23)o1. The number of aromatic amines is 1. The molecule has 3 aromatic rings. The first kappa shape index (κ1) is 16.5. The average Bonchev–Trinajstić information content (AvgIpc) is 3.21. The number of fused-ring (bicyclic) bond motifs is 1. The Kier molecular flexibility index (Phi) is 5.17. The first-order valence-electron chi connectivity index (χ1n) is 7.67. The summed E-state index contributed by atoms with van der Waals surface area (Å²) < 4.78 is 10.5. The van der Waals surface area contributed by atoms with E-state index >= 15 is 0 Å². The number of carbonyl (C=O) groups excluding carboxylic acids is 1. The summed E-state index contributed by atoms with van der Waals surface area (Å²) in [5.41, 5.74) is 6.37. The van der Waals surface area contributed by atoms with Crippen molar-refractivity contribution in [1.29, 1.82) is 0 Å². The molecule has 0 radical (unpaired) electrons. The molecule has 7 nitrogen and oxygen atoms in total. The quantitative estimate of drug-likeness (QED) is 0.498. The second-order valence-electron chi connectivity index (χ2n) is 5.26. The third kappa shape index (κ3) is 3.77. The zero-order chi connectivity index (χ0) is 16.9. The molecule has 1 atom stereocenters. The van der Waals surface area contributed by atoms with Crippen LogP contribution in [0.4, 0.5) is 0 Å². The van der Waals surface area contributed by atoms with E-state index in [1.807, 2.05) is 24.4 Å². The number of carbonyl (C=O) groups is 1. The lowest BCUT2D eigenvalue weighted by atomic mass is 10.1. The van der Waals surface area contributed by atoms with Crippen LogP contribution in [0.5, 0.6) is 0 Å². The van der Waals surface area contributed by atoms with Crippen molar-refractivity contribution in [2.45, 2.75) is 24.6 Å². The van der Waals surface area contributed by atoms with Gasteiger partial charge in [-0.1, -0.05) is 30.0 Å². The Labute approximate surface area is 143 Å². The van der Waals surface area contributed by atoms with E-state index in [-0.39, 0.29) is 17.8 Å². The lowest BCUT2D eigenvalue weighted by Crippen LogP contribution is -2.54. The molecule has 0 spiro atoms. The molecule has 0 amide bonds. The molecule has 0 bridgehead atoms. The average molecular weight is 347 g/mol. The normalized spacial score (nSPS) is 12.4. The summed E-state index contributed by atoms with van der Waals surface area (Å²) in [5.74, 6) is 0.318. The number of ether oxygens (including phenoxy) is 1. The molecule has 4 N–H and O–H groups in total. The van der Waals surface area contributed by atoms with E-state index < -0.39 is 0 Å². The fourth-order valence-electron chi connectivity index (χ4n) is 2.42. The van der Waals surface area contributed by atoms with Gasteiger partial charge >= 0.3 is 5.97 Å². The minimum atomic E-state index is -0.299. The molecule has 0 saturated carbocycles. The number of hydrogen-bond donors (Lipinski definition) is 2. The van der Waals surface area contributed by atoms with Crippen molar-refractivity contribution < 1.29 is 19.7 Å². The van der Waals surface area contributed by atoms with Gasteiger partial charge in [0, 0.05) is 23.5 Å². The van der Waals surface area contributed by atoms with Crippen LogP contribution >= 0.6 is 11.8 Å². The van der Waals surface area contributed by atoms with E-state index in [2.05, 4.69) is 27.0 Å². The van der Waals surface area contributed by atoms with E-state index in [0.717, 1.165) is 11.1 Å². The van der Waals surface area contributed by atoms with Crippen molar-refractivity contribution in [1.82, 2.24) is 15.2 Å². The van der Waals surface area contributed by atoms with Gasteiger partial charge in [0.25, 0.3) is 11.1 Å². The fourth-order valence-corrected chi connectivity index (χ4v) is 2.99. The Hall–Kier alpha value is -2.32. The molecular formula is C16H19N4O3S+. The highest BCUT2D eigenvalue weighted by Gasteiger charge is 2.20. The zero-order valence-corrected chi connectivity index (χ0v) is 14.1. The number of nitrogens with zero attached hydrogens (tertiary/aromatic N) is 2. The highest BCUT2D eigenvalue weighted by Crippen LogP contribution is 2.23. The Balaban J connectivity index is 1.63. The number of rotatable bonds is 7. The van der Waals surface area contributed by atoms with Crippen molar-refractivity contribution >= 4 is 28.6 Å². The fraction of sp³-hybridized carbons (Fsp3) is 0.312. The number of nitrogens with one attached hydrogen (secondary N) is 1. The summed E-state index contributed by atoms with van der Waals surface area (Å²) in [6, 6.07) is 7.95. The topological polar surface area (TPSA) is 109 Å². The first-order chi connectivity index (χ1) is 11.7. The molecule has 1 aromatic carbocycles. The van der Waals surface area contributed by atoms with Crippen LogP contribution in [0.3, 0.4) is 0 Å². The van der Waals surface area contributed by atoms with Gasteiger partial charge in [-0.3, -0.25) is 4.79 Å². The van der Waals surface area contributed by atoms with Crippen LogP contribution in [-0.2, 0) is 16.0 Å². The van der Waals surface area contributed by atoms with Gasteiger partial charge in [-0.15, -0.1) is 10.2 Å². The predicted octanol–water partition coefficient (Wildman–Crippen LogP) is 1.73. The second-order valence-corrected chi connectivity index (χ2v) is 6.19. The standard InChI is InChI=1S/C16H18N4O3S/c1-2-22-14(21)9-24-16-20-19-15(23-16)12(17)7-10-8-18-13-6-4-3-5-11(10)13/h3-6,8,12,18H,2,7,9,17H2,1H3/p+1/t12-/m0/s1. The van der Waals surface area contributed by atoms with Gasteiger partial charge in [-0.2, -0.15) is 0 Å². The molecule has 0 aliphatic heterocycles. The third-order valence-corrected chi connectivity index (χ3v) is 4.32. The second kappa shape index (κ2) is 7.50. The summed E-state index contributed by atoms with van der Waals surface area (Å²) >= 11 is 1.17. The van der Waals surface area contributed by atoms with Crippen LogP contribution in [0.1, 0.15) is 24.4 Å². The number of H-pyrrole nitrogens is 1. The lowest BCUT2D eigenvalue weighted by molar-refractivity contribution is -0.431. The van der Waals surface area contributed by atoms with Crippen molar-refractivity contribution in [3.8, 4) is 0 Å². The smallest absolute Gasteiger partial charge is 0.316 e. The van der Waals surface area contributed by atoms with Crippen LogP contribution in [0.25, 0.3) is 10.9 Å². The van der Waals surface area contributed by atoms with Crippen LogP contribution in [-0.4, -0.2) is 33.5 Å². The molecule has 0 unspecified atom stereocenters. The summed E-state index contributed by atoms with van der Waals surface area (Å²) in [4.78, 5) is 14.6. The molecule has 3 rings (SSSR count). The molecule has 24 heavy (non-hydrogen) atoms. The van der Waals surface area contributed by atoms with Crippen LogP contribution in [0.2, 0.25) is 0 Å². The first-order valence-corrected chi connectivity index (χ1v) is 8.65. The Bertz CT molecular complexity index is 829. The van der Waals surface area contributed by atoms with Crippen LogP contribution < -0.4 is 5.73 Å². The largest absolute Gasteiger partial charge is 0.465 e. The summed E-state index contributed by atoms with van der Waals surface area (Å²) in [7, 11) is 0. The number of para-hydroxylation sites is 1. The number of aromatic nitrogens is 3. The molecule has 0 saturated heterocycles. The number of thioether (sulfide) groups is 1. The van der Waals surface area contributed by atoms with E-state index in [4.69, 9.17) is 9.15 Å². The van der Waals surface area contributed by atoms with Gasteiger partial charge in [-0.05, 0) is 18.6 Å². The lowest BCUT2D eigenvalue weighted by Gasteiger charge is -2.03. The van der Waals surface area contributed by atoms with Gasteiger partial charge in [0.05, 0.1) is 6.61 Å². The molecule has 126 valence electrons. The molecule has 8 heteroatoms. The highest BCUT2D eigenvalue weighted by atomic mass is 32.2. The third-order valence-electron chi connectivity index (χ3n) is 3.53. The molecule has 2 heterocycles. The zero-order valence-electron chi connectivity index (χ0n) is 13.3. The summed E-state index contributed by atoms with van der Waals surface area (Å²) in [6.45, 7) is 2.13. The maximum atomic E-state index is 11.3. The van der Waals surface area contributed by atoms with Crippen molar-refractivity contribution in [2.24, 2.45) is 0 Å². The monoisotopic (exact) mass is 347 g/mol. The summed E-state index contributed by atoms with van der Waals surface area (Å²) in [6.07, 6.45) is 2.67. The molecule has 0 fully saturated rings. The van der Waals surface area contributed by atoms with Crippen LogP contribution in [0.15, 0.2) is 40.1 Å².